The molecule has 0 aliphatic heterocycles. The summed E-state index contributed by atoms with van der Waals surface area (Å²) in [6.07, 6.45) is 2.61. The first-order chi connectivity index (χ1) is 9.72. The number of aromatic nitrogens is 2. The van der Waals surface area contributed by atoms with Gasteiger partial charge in [-0.3, -0.25) is 0 Å². The fraction of sp³-hybridized carbons (Fsp3) is 0.188. The molecule has 0 saturated carbocycles. The van der Waals surface area contributed by atoms with Crippen LogP contribution in [-0.2, 0) is 6.42 Å². The average molecular weight is 267 g/mol. The molecule has 0 atom stereocenters. The van der Waals surface area contributed by atoms with Gasteiger partial charge in [-0.15, -0.1) is 0 Å². The van der Waals surface area contributed by atoms with Crippen LogP contribution in [0.15, 0.2) is 42.6 Å². The second kappa shape index (κ2) is 5.25. The average Bonchev–Trinajstić information content (AvgIpc) is 2.83. The number of aromatic amines is 1. The maximum absolute atomic E-state index is 5.83. The molecule has 0 bridgehead atoms. The third-order valence-electron chi connectivity index (χ3n) is 3.29. The molecule has 3 N–H and O–H groups in total. The van der Waals surface area contributed by atoms with Crippen LogP contribution in [0.2, 0.25) is 0 Å². The number of nitrogens with zero attached hydrogens (tertiary/aromatic N) is 1. The Kier molecular flexibility index (Phi) is 3.29. The number of nitrogen functional groups attached to an aromatic ring is 1. The van der Waals surface area contributed by atoms with Crippen LogP contribution in [-0.4, -0.2) is 16.6 Å². The topological polar surface area (TPSA) is 63.9 Å². The summed E-state index contributed by atoms with van der Waals surface area (Å²) in [5.74, 6) is 0.607. The highest BCUT2D eigenvalue weighted by atomic mass is 16.5. The van der Waals surface area contributed by atoms with Crippen molar-refractivity contribution in [1.29, 1.82) is 0 Å². The zero-order valence-corrected chi connectivity index (χ0v) is 11.4. The molecule has 3 aromatic rings. The van der Waals surface area contributed by atoms with Gasteiger partial charge in [0.2, 0.25) is 5.88 Å². The Labute approximate surface area is 117 Å². The van der Waals surface area contributed by atoms with Gasteiger partial charge in [-0.05, 0) is 18.6 Å². The van der Waals surface area contributed by atoms with Gasteiger partial charge >= 0.3 is 0 Å². The van der Waals surface area contributed by atoms with Crippen molar-refractivity contribution in [1.82, 2.24) is 9.97 Å². The monoisotopic (exact) mass is 267 g/mol. The summed E-state index contributed by atoms with van der Waals surface area (Å²) in [4.78, 5) is 7.46. The fourth-order valence-corrected chi connectivity index (χ4v) is 2.11. The number of rotatable bonds is 4. The standard InChI is InChI=1S/C16H17N3O/c1-11-2-4-12(5-3-11)8-9-20-15-7-6-14-16(19-15)13(17)10-18-14/h2-7,10,18H,8-9,17H2,1H3. The van der Waals surface area contributed by atoms with Crippen LogP contribution in [0.25, 0.3) is 11.0 Å². The Morgan fingerprint density at radius 1 is 1.15 bits per heavy atom. The molecule has 4 nitrogen and oxygen atoms in total. The molecule has 0 aliphatic rings. The predicted molar refractivity (Wildman–Crippen MR) is 80.9 cm³/mol. The summed E-state index contributed by atoms with van der Waals surface area (Å²) in [5.41, 5.74) is 10.7. The molecule has 0 fully saturated rings. The van der Waals surface area contributed by atoms with E-state index in [0.717, 1.165) is 17.5 Å². The normalized spacial score (nSPS) is 10.8. The molecule has 4 heteroatoms. The number of nitrogens with one attached hydrogen (secondary N) is 1. The fourth-order valence-electron chi connectivity index (χ4n) is 2.11. The van der Waals surface area contributed by atoms with Gasteiger partial charge < -0.3 is 15.5 Å². The van der Waals surface area contributed by atoms with Gasteiger partial charge in [0, 0.05) is 18.7 Å². The number of ether oxygens (including phenoxy) is 1. The number of pyridine rings is 1. The number of hydrogen-bond acceptors (Lipinski definition) is 3. The summed E-state index contributed by atoms with van der Waals surface area (Å²) in [6.45, 7) is 2.69. The second-order valence-electron chi connectivity index (χ2n) is 4.87. The lowest BCUT2D eigenvalue weighted by Gasteiger charge is -2.06. The Bertz CT molecular complexity index is 716. The number of hydrogen-bond donors (Lipinski definition) is 2. The third kappa shape index (κ3) is 2.59. The molecule has 0 spiro atoms. The first kappa shape index (κ1) is 12.5. The Balaban J connectivity index is 1.64. The van der Waals surface area contributed by atoms with Gasteiger partial charge in [0.15, 0.2) is 0 Å². The van der Waals surface area contributed by atoms with Gasteiger partial charge in [0.05, 0.1) is 17.8 Å². The third-order valence-corrected chi connectivity index (χ3v) is 3.29. The molecule has 0 radical (unpaired) electrons. The number of H-pyrrole nitrogens is 1. The number of anilines is 1. The first-order valence-electron chi connectivity index (χ1n) is 6.64. The van der Waals surface area contributed by atoms with E-state index < -0.39 is 0 Å². The number of benzene rings is 1. The second-order valence-corrected chi connectivity index (χ2v) is 4.87. The highest BCUT2D eigenvalue weighted by Crippen LogP contribution is 2.21. The highest BCUT2D eigenvalue weighted by molar-refractivity contribution is 5.87. The van der Waals surface area contributed by atoms with Crippen molar-refractivity contribution < 1.29 is 4.74 Å². The van der Waals surface area contributed by atoms with Crippen molar-refractivity contribution in [2.24, 2.45) is 0 Å². The van der Waals surface area contributed by atoms with Crippen molar-refractivity contribution in [2.75, 3.05) is 12.3 Å². The Morgan fingerprint density at radius 2 is 1.95 bits per heavy atom. The van der Waals surface area contributed by atoms with E-state index >= 15 is 0 Å². The molecular formula is C16H17N3O. The quantitative estimate of drug-likeness (QED) is 0.763. The van der Waals surface area contributed by atoms with Crippen molar-refractivity contribution in [3.05, 3.63) is 53.7 Å². The van der Waals surface area contributed by atoms with Crippen molar-refractivity contribution in [2.45, 2.75) is 13.3 Å². The number of nitrogens with two attached hydrogens (primary N) is 1. The van der Waals surface area contributed by atoms with E-state index in [1.807, 2.05) is 12.1 Å². The van der Waals surface area contributed by atoms with Gasteiger partial charge in [-0.1, -0.05) is 29.8 Å². The Morgan fingerprint density at radius 3 is 2.75 bits per heavy atom. The molecule has 0 amide bonds. The molecule has 2 heterocycles. The van der Waals surface area contributed by atoms with E-state index in [1.54, 1.807) is 6.20 Å². The largest absolute Gasteiger partial charge is 0.477 e. The summed E-state index contributed by atoms with van der Waals surface area (Å²) < 4.78 is 5.69. The van der Waals surface area contributed by atoms with Crippen molar-refractivity contribution in [3.63, 3.8) is 0 Å². The van der Waals surface area contributed by atoms with Crippen LogP contribution in [0.4, 0.5) is 5.69 Å². The lowest BCUT2D eigenvalue weighted by Crippen LogP contribution is -2.02. The van der Waals surface area contributed by atoms with E-state index in [1.165, 1.54) is 11.1 Å². The first-order valence-corrected chi connectivity index (χ1v) is 6.64. The maximum Gasteiger partial charge on any atom is 0.213 e. The predicted octanol–water partition coefficient (Wildman–Crippen LogP) is 3.08. The van der Waals surface area contributed by atoms with Crippen LogP contribution >= 0.6 is 0 Å². The lowest BCUT2D eigenvalue weighted by molar-refractivity contribution is 0.311. The van der Waals surface area contributed by atoms with E-state index in [9.17, 15) is 0 Å². The van der Waals surface area contributed by atoms with Gasteiger partial charge in [-0.2, -0.15) is 0 Å². The highest BCUT2D eigenvalue weighted by Gasteiger charge is 2.04. The van der Waals surface area contributed by atoms with Crippen LogP contribution in [0.3, 0.4) is 0 Å². The summed E-state index contributed by atoms with van der Waals surface area (Å²) in [7, 11) is 0. The number of fused-ring (bicyclic) bond motifs is 1. The van der Waals surface area contributed by atoms with Crippen LogP contribution in [0.1, 0.15) is 11.1 Å². The molecule has 1 aromatic carbocycles. The molecule has 0 saturated heterocycles. The molecule has 20 heavy (non-hydrogen) atoms. The molecule has 102 valence electrons. The summed E-state index contributed by atoms with van der Waals surface area (Å²) in [5, 5.41) is 0. The SMILES string of the molecule is Cc1ccc(CCOc2ccc3[nH]cc(N)c3n2)cc1. The van der Waals surface area contributed by atoms with Crippen LogP contribution < -0.4 is 10.5 Å². The molecular weight excluding hydrogens is 250 g/mol. The van der Waals surface area contributed by atoms with E-state index in [0.29, 0.717) is 18.2 Å². The van der Waals surface area contributed by atoms with Crippen LogP contribution in [0.5, 0.6) is 5.88 Å². The minimum absolute atomic E-state index is 0.603. The summed E-state index contributed by atoms with van der Waals surface area (Å²) in [6, 6.07) is 12.3. The molecule has 0 aliphatic carbocycles. The van der Waals surface area contributed by atoms with Gasteiger partial charge in [0.1, 0.15) is 5.52 Å². The van der Waals surface area contributed by atoms with E-state index in [4.69, 9.17) is 10.5 Å². The maximum atomic E-state index is 5.83. The summed E-state index contributed by atoms with van der Waals surface area (Å²) >= 11 is 0. The smallest absolute Gasteiger partial charge is 0.213 e. The van der Waals surface area contributed by atoms with Crippen molar-refractivity contribution in [3.8, 4) is 5.88 Å². The molecule has 2 aromatic heterocycles. The molecule has 0 unspecified atom stereocenters. The zero-order valence-electron chi connectivity index (χ0n) is 11.4. The zero-order chi connectivity index (χ0) is 13.9. The van der Waals surface area contributed by atoms with E-state index in [2.05, 4.69) is 41.2 Å². The minimum Gasteiger partial charge on any atom is -0.477 e. The lowest BCUT2D eigenvalue weighted by atomic mass is 10.1. The Hall–Kier alpha value is -2.49. The van der Waals surface area contributed by atoms with Gasteiger partial charge in [-0.25, -0.2) is 4.98 Å². The number of aryl methyl sites for hydroxylation is 1. The molecule has 3 rings (SSSR count). The minimum atomic E-state index is 0.603. The van der Waals surface area contributed by atoms with Crippen LogP contribution in [0, 0.1) is 6.92 Å². The van der Waals surface area contributed by atoms with Gasteiger partial charge in [0.25, 0.3) is 0 Å². The van der Waals surface area contributed by atoms with Crippen molar-refractivity contribution >= 4 is 16.7 Å². The van der Waals surface area contributed by atoms with E-state index in [-0.39, 0.29) is 0 Å².